The van der Waals surface area contributed by atoms with E-state index in [9.17, 15) is 4.11 Å². The molecule has 3 aliphatic carbocycles. The van der Waals surface area contributed by atoms with E-state index in [1.807, 2.05) is 0 Å². The Morgan fingerprint density at radius 1 is 0.411 bits per heavy atom. The molecule has 7 aromatic carbocycles. The molecule has 2 nitrogen and oxygen atoms in total. The number of hydrogen-bond donors (Lipinski definition) is 0. The standard InChI is InChI=1S/C70H79BN2/c1-44-36-61-63-62(37-44)73(58-29-26-47(38-49(58)45-22-18-16-19-23-45)70(14,15)46-24-20-17-21-25-46)60-43-55-53(67(8,9)33-35-69(55,12)13)41-57(60)71(63)56-40-52-54(68(10,11)34-32-66(52,6)7)42-59(56)72(61)48-27-28-50-51(39-48)65(4,5)31-30-64(50,2)3/h16-29,36-43H,30-35H2,1-15H3/i1D3. The summed E-state index contributed by atoms with van der Waals surface area (Å²) in [6.45, 7) is 31.3. The van der Waals surface area contributed by atoms with Gasteiger partial charge in [0.1, 0.15) is 0 Å². The molecule has 0 unspecified atom stereocenters. The van der Waals surface area contributed by atoms with Gasteiger partial charge in [-0.2, -0.15) is 0 Å². The summed E-state index contributed by atoms with van der Waals surface area (Å²) in [5, 5.41) is 0. The molecule has 73 heavy (non-hydrogen) atoms. The summed E-state index contributed by atoms with van der Waals surface area (Å²) in [5.74, 6) is 0. The monoisotopic (exact) mass is 962 g/mol. The van der Waals surface area contributed by atoms with E-state index < -0.39 is 6.85 Å². The van der Waals surface area contributed by atoms with Gasteiger partial charge in [-0.25, -0.2) is 0 Å². The fourth-order valence-electron chi connectivity index (χ4n) is 14.4. The highest BCUT2D eigenvalue weighted by molar-refractivity contribution is 7.00. The van der Waals surface area contributed by atoms with Crippen molar-refractivity contribution < 1.29 is 4.11 Å². The van der Waals surface area contributed by atoms with E-state index in [0.717, 1.165) is 83.8 Å². The van der Waals surface area contributed by atoms with Crippen molar-refractivity contribution in [2.24, 2.45) is 0 Å². The van der Waals surface area contributed by atoms with Gasteiger partial charge in [0.2, 0.25) is 0 Å². The number of nitrogens with zero attached hydrogens (tertiary/aromatic N) is 2. The third-order valence-electron chi connectivity index (χ3n) is 19.6. The molecule has 0 saturated heterocycles. The average Bonchev–Trinajstić information content (AvgIpc) is 3.54. The third kappa shape index (κ3) is 7.31. The van der Waals surface area contributed by atoms with Crippen LogP contribution in [0.3, 0.4) is 0 Å². The number of hydrogen-bond acceptors (Lipinski definition) is 2. The zero-order valence-corrected chi connectivity index (χ0v) is 46.4. The molecule has 0 radical (unpaired) electrons. The smallest absolute Gasteiger partial charge is 0.252 e. The summed E-state index contributed by atoms with van der Waals surface area (Å²) in [7, 11) is 0. The summed E-state index contributed by atoms with van der Waals surface area (Å²) in [6.07, 6.45) is 6.63. The van der Waals surface area contributed by atoms with Gasteiger partial charge in [0, 0.05) is 43.5 Å². The Hall–Kier alpha value is -5.80. The Balaban J connectivity index is 1.24. The van der Waals surface area contributed by atoms with Crippen LogP contribution in [0.4, 0.5) is 34.1 Å². The van der Waals surface area contributed by atoms with Crippen LogP contribution in [0.5, 0.6) is 0 Å². The second-order valence-electron chi connectivity index (χ2n) is 27.6. The highest BCUT2D eigenvalue weighted by Crippen LogP contribution is 2.55. The van der Waals surface area contributed by atoms with E-state index in [-0.39, 0.29) is 44.6 Å². The van der Waals surface area contributed by atoms with Crippen LogP contribution in [0.1, 0.15) is 190 Å². The average molecular weight is 962 g/mol. The van der Waals surface area contributed by atoms with Gasteiger partial charge < -0.3 is 9.80 Å². The molecular formula is C70H79BN2. The Morgan fingerprint density at radius 3 is 1.38 bits per heavy atom. The van der Waals surface area contributed by atoms with Crippen molar-refractivity contribution in [3.8, 4) is 11.1 Å². The van der Waals surface area contributed by atoms with Crippen LogP contribution in [0.15, 0.2) is 133 Å². The fourth-order valence-corrected chi connectivity index (χ4v) is 14.4. The molecule has 0 saturated carbocycles. The van der Waals surface area contributed by atoms with E-state index in [1.165, 1.54) is 60.9 Å². The summed E-state index contributed by atoms with van der Waals surface area (Å²) in [5.41, 5.74) is 23.1. The predicted molar refractivity (Wildman–Crippen MR) is 315 cm³/mol. The first-order valence-electron chi connectivity index (χ1n) is 29.1. The fraction of sp³-hybridized carbons (Fsp3) is 0.400. The summed E-state index contributed by atoms with van der Waals surface area (Å²) in [4.78, 5) is 5.01. The molecule has 2 aliphatic heterocycles. The lowest BCUT2D eigenvalue weighted by Gasteiger charge is -2.49. The van der Waals surface area contributed by atoms with Crippen LogP contribution in [0, 0.1) is 6.85 Å². The van der Waals surface area contributed by atoms with Crippen molar-refractivity contribution in [1.82, 2.24) is 0 Å². The normalized spacial score (nSPS) is 20.7. The van der Waals surface area contributed by atoms with Gasteiger partial charge >= 0.3 is 0 Å². The van der Waals surface area contributed by atoms with Crippen LogP contribution < -0.4 is 26.2 Å². The maximum Gasteiger partial charge on any atom is 0.252 e. The molecule has 372 valence electrons. The van der Waals surface area contributed by atoms with Gasteiger partial charge in [0.05, 0.1) is 5.69 Å². The van der Waals surface area contributed by atoms with Gasteiger partial charge in [-0.1, -0.05) is 182 Å². The van der Waals surface area contributed by atoms with Gasteiger partial charge in [-0.3, -0.25) is 0 Å². The quantitative estimate of drug-likeness (QED) is 0.159. The number of anilines is 6. The van der Waals surface area contributed by atoms with Crippen LogP contribution in [0.25, 0.3) is 11.1 Å². The summed E-state index contributed by atoms with van der Waals surface area (Å²) in [6, 6.07) is 50.5. The van der Waals surface area contributed by atoms with Crippen molar-refractivity contribution in [2.45, 2.75) is 180 Å². The molecule has 0 aromatic heterocycles. The molecule has 0 N–H and O–H groups in total. The van der Waals surface area contributed by atoms with Gasteiger partial charge in [0.15, 0.2) is 0 Å². The molecular weight excluding hydrogens is 880 g/mol. The highest BCUT2D eigenvalue weighted by Gasteiger charge is 2.49. The third-order valence-corrected chi connectivity index (χ3v) is 19.6. The SMILES string of the molecule is [2H]C([2H])([2H])c1cc2c3c(c1)N(c1ccc(C(C)(C)c4ccccc4)cc1-c1ccccc1)c1cc4c(cc1B3c1cc3c(cc1N2c1ccc2c(c1)C(C)(C)CCC2(C)C)C(C)(C)CCC3(C)C)C(C)(C)CCC4(C)C. The zero-order chi connectivity index (χ0) is 54.1. The molecule has 0 fully saturated rings. The van der Waals surface area contributed by atoms with E-state index in [4.69, 9.17) is 0 Å². The zero-order valence-electron chi connectivity index (χ0n) is 49.4. The van der Waals surface area contributed by atoms with E-state index in [1.54, 1.807) is 0 Å². The first-order chi connectivity index (χ1) is 35.5. The van der Waals surface area contributed by atoms with Crippen molar-refractivity contribution in [2.75, 3.05) is 9.80 Å². The van der Waals surface area contributed by atoms with Crippen molar-refractivity contribution >= 4 is 57.2 Å². The van der Waals surface area contributed by atoms with E-state index in [2.05, 4.69) is 240 Å². The summed E-state index contributed by atoms with van der Waals surface area (Å²) >= 11 is 0. The van der Waals surface area contributed by atoms with Crippen LogP contribution >= 0.6 is 0 Å². The van der Waals surface area contributed by atoms with Crippen LogP contribution in [-0.4, -0.2) is 6.71 Å². The lowest BCUT2D eigenvalue weighted by atomic mass is 9.32. The lowest BCUT2D eigenvalue weighted by Crippen LogP contribution is -2.62. The molecule has 0 atom stereocenters. The Bertz CT molecular complexity index is 3520. The Kier molecular flexibility index (Phi) is 9.71. The second-order valence-corrected chi connectivity index (χ2v) is 27.6. The molecule has 0 bridgehead atoms. The molecule has 3 heteroatoms. The minimum atomic E-state index is -2.39. The minimum Gasteiger partial charge on any atom is -0.311 e. The summed E-state index contributed by atoms with van der Waals surface area (Å²) < 4.78 is 28.1. The number of benzene rings is 7. The Labute approximate surface area is 444 Å². The van der Waals surface area contributed by atoms with Gasteiger partial charge in [-0.15, -0.1) is 0 Å². The van der Waals surface area contributed by atoms with Crippen molar-refractivity contribution in [3.05, 3.63) is 184 Å². The minimum absolute atomic E-state index is 0.0334. The van der Waals surface area contributed by atoms with E-state index >= 15 is 0 Å². The topological polar surface area (TPSA) is 6.48 Å². The molecule has 0 spiro atoms. The van der Waals surface area contributed by atoms with Crippen LogP contribution in [-0.2, 0) is 37.9 Å². The number of rotatable bonds is 5. The molecule has 12 rings (SSSR count). The molecule has 7 aromatic rings. The van der Waals surface area contributed by atoms with Crippen molar-refractivity contribution in [3.63, 3.8) is 0 Å². The van der Waals surface area contributed by atoms with Gasteiger partial charge in [-0.05, 0) is 198 Å². The second kappa shape index (κ2) is 15.9. The molecule has 0 amide bonds. The first-order valence-corrected chi connectivity index (χ1v) is 27.6. The molecule has 5 aliphatic rings. The largest absolute Gasteiger partial charge is 0.311 e. The van der Waals surface area contributed by atoms with Gasteiger partial charge in [0.25, 0.3) is 6.71 Å². The maximum absolute atomic E-state index is 9.37. The predicted octanol–water partition coefficient (Wildman–Crippen LogP) is 17.1. The number of fused-ring (bicyclic) bond motifs is 7. The maximum atomic E-state index is 9.37. The number of aryl methyl sites for hydroxylation is 1. The van der Waals surface area contributed by atoms with E-state index in [0.29, 0.717) is 5.56 Å². The lowest BCUT2D eigenvalue weighted by molar-refractivity contribution is 0.332. The Morgan fingerprint density at radius 2 is 0.863 bits per heavy atom. The first kappa shape index (κ1) is 44.7. The molecule has 2 heterocycles. The van der Waals surface area contributed by atoms with Crippen molar-refractivity contribution in [1.29, 1.82) is 0 Å². The van der Waals surface area contributed by atoms with Crippen LogP contribution in [0.2, 0.25) is 0 Å². The highest BCUT2D eigenvalue weighted by atomic mass is 15.2.